The molecule has 0 radical (unpaired) electrons. The number of sulfonamides is 2. The lowest BCUT2D eigenvalue weighted by molar-refractivity contribution is 0.215. The van der Waals surface area contributed by atoms with Crippen molar-refractivity contribution in [2.45, 2.75) is 19.8 Å². The van der Waals surface area contributed by atoms with E-state index in [9.17, 15) is 16.8 Å². The van der Waals surface area contributed by atoms with Crippen molar-refractivity contribution in [2.75, 3.05) is 48.2 Å². The average molecular weight is 468 g/mol. The third-order valence-electron chi connectivity index (χ3n) is 5.07. The fourth-order valence-electron chi connectivity index (χ4n) is 3.61. The molecule has 0 amide bonds. The first-order valence-electron chi connectivity index (χ1n) is 10.0. The first-order valence-corrected chi connectivity index (χ1v) is 13.8. The summed E-state index contributed by atoms with van der Waals surface area (Å²) < 4.78 is 56.6. The molecular formula is C21H29N3O5S2. The molecule has 2 aromatic carbocycles. The van der Waals surface area contributed by atoms with Gasteiger partial charge in [0.15, 0.2) is 0 Å². The summed E-state index contributed by atoms with van der Waals surface area (Å²) in [5, 5.41) is 0. The van der Waals surface area contributed by atoms with Crippen molar-refractivity contribution in [2.24, 2.45) is 0 Å². The van der Waals surface area contributed by atoms with Crippen molar-refractivity contribution in [3.8, 4) is 5.75 Å². The number of rotatable bonds is 8. The summed E-state index contributed by atoms with van der Waals surface area (Å²) in [5.41, 5.74) is 4.35. The number of nitrogens with zero attached hydrogens (tertiary/aromatic N) is 1. The molecule has 0 fully saturated rings. The smallest absolute Gasteiger partial charge is 0.229 e. The predicted octanol–water partition coefficient (Wildman–Crippen LogP) is 2.22. The van der Waals surface area contributed by atoms with Crippen LogP contribution in [-0.2, 0) is 32.9 Å². The highest BCUT2D eigenvalue weighted by Crippen LogP contribution is 2.23. The van der Waals surface area contributed by atoms with Crippen LogP contribution in [0.3, 0.4) is 0 Å². The SMILES string of the molecule is Cc1cc(OCCN2CCc3ccc(NS(C)(=O)=O)cc3CC2)ccc1NS(C)(=O)=O. The Kier molecular flexibility index (Phi) is 7.13. The van der Waals surface area contributed by atoms with Gasteiger partial charge in [-0.05, 0) is 66.8 Å². The van der Waals surface area contributed by atoms with Gasteiger partial charge in [-0.2, -0.15) is 0 Å². The molecule has 0 saturated carbocycles. The Balaban J connectivity index is 1.52. The molecule has 10 heteroatoms. The molecule has 2 aromatic rings. The standard InChI is InChI=1S/C21H29N3O5S2/c1-16-14-20(6-7-21(16)23-31(3,27)28)29-13-12-24-10-8-17-4-5-19(22-30(2,25)26)15-18(17)9-11-24/h4-7,14-15,22-23H,8-13H2,1-3H3. The fraction of sp³-hybridized carbons (Fsp3) is 0.429. The maximum atomic E-state index is 11.5. The van der Waals surface area contributed by atoms with Crippen LogP contribution in [0.5, 0.6) is 5.75 Å². The number of ether oxygens (including phenoxy) is 1. The van der Waals surface area contributed by atoms with Gasteiger partial charge in [0.1, 0.15) is 12.4 Å². The number of aryl methyl sites for hydroxylation is 1. The highest BCUT2D eigenvalue weighted by molar-refractivity contribution is 7.92. The van der Waals surface area contributed by atoms with Crippen molar-refractivity contribution >= 4 is 31.4 Å². The molecule has 0 bridgehead atoms. The summed E-state index contributed by atoms with van der Waals surface area (Å²) in [6, 6.07) is 11.0. The van der Waals surface area contributed by atoms with Crippen LogP contribution in [0.25, 0.3) is 0 Å². The summed E-state index contributed by atoms with van der Waals surface area (Å²) in [7, 11) is -6.60. The fourth-order valence-corrected chi connectivity index (χ4v) is 4.79. The third-order valence-corrected chi connectivity index (χ3v) is 6.27. The van der Waals surface area contributed by atoms with Gasteiger partial charge in [0.25, 0.3) is 0 Å². The number of hydrogen-bond acceptors (Lipinski definition) is 6. The number of anilines is 2. The molecule has 0 spiro atoms. The molecule has 0 saturated heterocycles. The van der Waals surface area contributed by atoms with Gasteiger partial charge in [-0.3, -0.25) is 14.3 Å². The highest BCUT2D eigenvalue weighted by Gasteiger charge is 2.15. The van der Waals surface area contributed by atoms with Gasteiger partial charge in [-0.25, -0.2) is 16.8 Å². The Bertz CT molecular complexity index is 1150. The largest absolute Gasteiger partial charge is 0.492 e. The number of fused-ring (bicyclic) bond motifs is 1. The van der Waals surface area contributed by atoms with Crippen LogP contribution < -0.4 is 14.2 Å². The molecule has 0 unspecified atom stereocenters. The van der Waals surface area contributed by atoms with Gasteiger partial charge in [-0.1, -0.05) is 6.07 Å². The van der Waals surface area contributed by atoms with E-state index in [1.807, 2.05) is 31.2 Å². The third kappa shape index (κ3) is 7.41. The Labute approximate surface area is 184 Å². The van der Waals surface area contributed by atoms with Gasteiger partial charge in [0.05, 0.1) is 18.2 Å². The van der Waals surface area contributed by atoms with Crippen LogP contribution in [0.1, 0.15) is 16.7 Å². The van der Waals surface area contributed by atoms with Gasteiger partial charge >= 0.3 is 0 Å². The Hall–Kier alpha value is -2.30. The second-order valence-corrected chi connectivity index (χ2v) is 11.4. The first kappa shape index (κ1) is 23.4. The van der Waals surface area contributed by atoms with Gasteiger partial charge in [-0.15, -0.1) is 0 Å². The minimum Gasteiger partial charge on any atom is -0.492 e. The molecule has 1 aliphatic heterocycles. The van der Waals surface area contributed by atoms with Crippen molar-refractivity contribution < 1.29 is 21.6 Å². The lowest BCUT2D eigenvalue weighted by Crippen LogP contribution is -2.30. The molecule has 0 atom stereocenters. The van der Waals surface area contributed by atoms with E-state index >= 15 is 0 Å². The van der Waals surface area contributed by atoms with Crippen molar-refractivity contribution in [1.82, 2.24) is 4.90 Å². The molecule has 8 nitrogen and oxygen atoms in total. The quantitative estimate of drug-likeness (QED) is 0.617. The Morgan fingerprint density at radius 1 is 0.903 bits per heavy atom. The van der Waals surface area contributed by atoms with Crippen molar-refractivity contribution in [3.63, 3.8) is 0 Å². The first-order chi connectivity index (χ1) is 14.5. The summed E-state index contributed by atoms with van der Waals surface area (Å²) in [6.45, 7) is 4.90. The van der Waals surface area contributed by atoms with Crippen LogP contribution in [0, 0.1) is 6.92 Å². The van der Waals surface area contributed by atoms with E-state index in [1.54, 1.807) is 12.1 Å². The van der Waals surface area contributed by atoms with E-state index in [2.05, 4.69) is 14.3 Å². The molecule has 170 valence electrons. The molecular weight excluding hydrogens is 438 g/mol. The lowest BCUT2D eigenvalue weighted by Gasteiger charge is -2.20. The predicted molar refractivity (Wildman–Crippen MR) is 124 cm³/mol. The van der Waals surface area contributed by atoms with Crippen molar-refractivity contribution in [1.29, 1.82) is 0 Å². The molecule has 0 aromatic heterocycles. The van der Waals surface area contributed by atoms with E-state index < -0.39 is 20.0 Å². The number of hydrogen-bond donors (Lipinski definition) is 2. The minimum absolute atomic E-state index is 0.523. The van der Waals surface area contributed by atoms with E-state index in [1.165, 1.54) is 11.1 Å². The van der Waals surface area contributed by atoms with E-state index in [0.717, 1.165) is 50.6 Å². The van der Waals surface area contributed by atoms with Gasteiger partial charge in [0, 0.05) is 25.3 Å². The van der Waals surface area contributed by atoms with E-state index in [-0.39, 0.29) is 0 Å². The van der Waals surface area contributed by atoms with Gasteiger partial charge in [0.2, 0.25) is 20.0 Å². The maximum absolute atomic E-state index is 11.5. The highest BCUT2D eigenvalue weighted by atomic mass is 32.2. The van der Waals surface area contributed by atoms with Gasteiger partial charge < -0.3 is 4.74 Å². The van der Waals surface area contributed by atoms with Crippen LogP contribution >= 0.6 is 0 Å². The van der Waals surface area contributed by atoms with Crippen LogP contribution in [-0.4, -0.2) is 60.5 Å². The zero-order valence-electron chi connectivity index (χ0n) is 18.0. The minimum atomic E-state index is -3.31. The Morgan fingerprint density at radius 3 is 2.23 bits per heavy atom. The molecule has 1 heterocycles. The second-order valence-electron chi connectivity index (χ2n) is 7.90. The molecule has 2 N–H and O–H groups in total. The maximum Gasteiger partial charge on any atom is 0.229 e. The average Bonchev–Trinajstić information content (AvgIpc) is 2.84. The summed E-state index contributed by atoms with van der Waals surface area (Å²) >= 11 is 0. The van der Waals surface area contributed by atoms with E-state index in [0.29, 0.717) is 23.7 Å². The zero-order chi connectivity index (χ0) is 22.6. The van der Waals surface area contributed by atoms with Crippen LogP contribution in [0.15, 0.2) is 36.4 Å². The monoisotopic (exact) mass is 467 g/mol. The van der Waals surface area contributed by atoms with E-state index in [4.69, 9.17) is 4.74 Å². The summed E-state index contributed by atoms with van der Waals surface area (Å²) in [6.07, 6.45) is 4.02. The summed E-state index contributed by atoms with van der Waals surface area (Å²) in [4.78, 5) is 2.33. The summed E-state index contributed by atoms with van der Waals surface area (Å²) in [5.74, 6) is 0.700. The number of nitrogens with one attached hydrogen (secondary N) is 2. The molecule has 1 aliphatic rings. The molecule has 0 aliphatic carbocycles. The van der Waals surface area contributed by atoms with Crippen molar-refractivity contribution in [3.05, 3.63) is 53.1 Å². The lowest BCUT2D eigenvalue weighted by atomic mass is 10.0. The molecule has 3 rings (SSSR count). The van der Waals surface area contributed by atoms with Crippen LogP contribution in [0.4, 0.5) is 11.4 Å². The zero-order valence-corrected chi connectivity index (χ0v) is 19.6. The molecule has 31 heavy (non-hydrogen) atoms. The normalized spacial score (nSPS) is 15.1. The Morgan fingerprint density at radius 2 is 1.58 bits per heavy atom. The topological polar surface area (TPSA) is 105 Å². The van der Waals surface area contributed by atoms with Crippen LogP contribution in [0.2, 0.25) is 0 Å². The number of benzene rings is 2. The second kappa shape index (κ2) is 9.46.